The van der Waals surface area contributed by atoms with Crippen molar-refractivity contribution in [2.45, 2.75) is 19.8 Å². The predicted octanol–water partition coefficient (Wildman–Crippen LogP) is 2.78. The molecule has 1 aliphatic heterocycles. The first-order valence-corrected chi connectivity index (χ1v) is 7.63. The first-order valence-electron chi connectivity index (χ1n) is 7.63. The molecule has 3 N–H and O–H groups in total. The minimum absolute atomic E-state index is 0.00510. The van der Waals surface area contributed by atoms with Gasteiger partial charge >= 0.3 is 0 Å². The van der Waals surface area contributed by atoms with Crippen LogP contribution in [0.15, 0.2) is 42.5 Å². The van der Waals surface area contributed by atoms with Gasteiger partial charge in [0.2, 0.25) is 11.8 Å². The second-order valence-corrected chi connectivity index (χ2v) is 5.64. The monoisotopic (exact) mass is 323 g/mol. The number of rotatable bonds is 3. The van der Waals surface area contributed by atoms with Gasteiger partial charge < -0.3 is 16.0 Å². The molecule has 3 rings (SSSR count). The minimum atomic E-state index is -0.241. The molecular formula is C18H17N3O3. The first kappa shape index (κ1) is 15.7. The van der Waals surface area contributed by atoms with E-state index in [9.17, 15) is 14.4 Å². The fraction of sp³-hybridized carbons (Fsp3) is 0.167. The maximum absolute atomic E-state index is 12.4. The molecule has 0 aliphatic carbocycles. The van der Waals surface area contributed by atoms with Crippen LogP contribution in [0.25, 0.3) is 0 Å². The summed E-state index contributed by atoms with van der Waals surface area (Å²) in [6.07, 6.45) is 1.05. The van der Waals surface area contributed by atoms with Crippen LogP contribution in [-0.4, -0.2) is 17.7 Å². The van der Waals surface area contributed by atoms with Crippen molar-refractivity contribution < 1.29 is 14.4 Å². The van der Waals surface area contributed by atoms with E-state index in [0.29, 0.717) is 29.8 Å². The van der Waals surface area contributed by atoms with Crippen molar-refractivity contribution in [2.75, 3.05) is 16.0 Å². The largest absolute Gasteiger partial charge is 0.326 e. The lowest BCUT2D eigenvalue weighted by molar-refractivity contribution is -0.116. The molecule has 1 heterocycles. The van der Waals surface area contributed by atoms with Crippen LogP contribution in [0.5, 0.6) is 0 Å². The molecule has 0 atom stereocenters. The molecule has 6 nitrogen and oxygen atoms in total. The van der Waals surface area contributed by atoms with Crippen molar-refractivity contribution in [2.24, 2.45) is 0 Å². The number of fused-ring (bicyclic) bond motifs is 1. The average molecular weight is 323 g/mol. The molecule has 0 fully saturated rings. The zero-order valence-corrected chi connectivity index (χ0v) is 13.2. The molecule has 1 aliphatic rings. The molecule has 0 aromatic heterocycles. The van der Waals surface area contributed by atoms with Crippen molar-refractivity contribution in [3.05, 3.63) is 53.6 Å². The van der Waals surface area contributed by atoms with Gasteiger partial charge in [0.25, 0.3) is 5.91 Å². The van der Waals surface area contributed by atoms with Crippen LogP contribution in [-0.2, 0) is 16.0 Å². The number of anilines is 3. The number of amides is 3. The lowest BCUT2D eigenvalue weighted by Crippen LogP contribution is -2.20. The van der Waals surface area contributed by atoms with E-state index in [1.807, 2.05) is 0 Å². The van der Waals surface area contributed by atoms with E-state index < -0.39 is 0 Å². The lowest BCUT2D eigenvalue weighted by Gasteiger charge is -2.17. The van der Waals surface area contributed by atoms with E-state index in [1.54, 1.807) is 42.5 Å². The van der Waals surface area contributed by atoms with E-state index >= 15 is 0 Å². The zero-order chi connectivity index (χ0) is 17.1. The molecular weight excluding hydrogens is 306 g/mol. The standard InChI is InChI=1S/C18H17N3O3/c1-11(22)19-14-3-2-4-15(10-14)20-18(24)13-5-7-16-12(9-13)6-8-17(23)21-16/h2-5,7,9-10H,6,8H2,1H3,(H,19,22)(H,20,24)(H,21,23). The van der Waals surface area contributed by atoms with Crippen LogP contribution in [0, 0.1) is 0 Å². The molecule has 0 saturated heterocycles. The number of hydrogen-bond acceptors (Lipinski definition) is 3. The fourth-order valence-corrected chi connectivity index (χ4v) is 2.61. The molecule has 0 radical (unpaired) electrons. The zero-order valence-electron chi connectivity index (χ0n) is 13.2. The van der Waals surface area contributed by atoms with Crippen LogP contribution in [0.4, 0.5) is 17.1 Å². The molecule has 0 saturated carbocycles. The molecule has 122 valence electrons. The highest BCUT2D eigenvalue weighted by Crippen LogP contribution is 2.24. The molecule has 0 unspecified atom stereocenters. The molecule has 0 bridgehead atoms. The number of benzene rings is 2. The van der Waals surface area contributed by atoms with Gasteiger partial charge in [0.05, 0.1) is 0 Å². The van der Waals surface area contributed by atoms with Crippen molar-refractivity contribution in [1.29, 1.82) is 0 Å². The Morgan fingerprint density at radius 1 is 1.00 bits per heavy atom. The molecule has 0 spiro atoms. The number of carbonyl (C=O) groups is 3. The van der Waals surface area contributed by atoms with Crippen LogP contribution >= 0.6 is 0 Å². The topological polar surface area (TPSA) is 87.3 Å². The fourth-order valence-electron chi connectivity index (χ4n) is 2.61. The third-order valence-corrected chi connectivity index (χ3v) is 3.70. The molecule has 6 heteroatoms. The van der Waals surface area contributed by atoms with E-state index in [4.69, 9.17) is 0 Å². The normalized spacial score (nSPS) is 12.8. The van der Waals surface area contributed by atoms with Crippen molar-refractivity contribution >= 4 is 34.8 Å². The summed E-state index contributed by atoms with van der Waals surface area (Å²) in [6, 6.07) is 12.2. The Kier molecular flexibility index (Phi) is 4.29. The number of hydrogen-bond donors (Lipinski definition) is 3. The number of aryl methyl sites for hydroxylation is 1. The summed E-state index contributed by atoms with van der Waals surface area (Å²) < 4.78 is 0. The maximum atomic E-state index is 12.4. The Bertz CT molecular complexity index is 830. The third-order valence-electron chi connectivity index (χ3n) is 3.70. The van der Waals surface area contributed by atoms with E-state index in [2.05, 4.69) is 16.0 Å². The van der Waals surface area contributed by atoms with Crippen LogP contribution < -0.4 is 16.0 Å². The van der Waals surface area contributed by atoms with Gasteiger partial charge in [-0.2, -0.15) is 0 Å². The average Bonchev–Trinajstić information content (AvgIpc) is 2.54. The second kappa shape index (κ2) is 6.54. The Morgan fingerprint density at radius 3 is 2.50 bits per heavy atom. The van der Waals surface area contributed by atoms with E-state index in [0.717, 1.165) is 11.3 Å². The van der Waals surface area contributed by atoms with Gasteiger partial charge in [0, 0.05) is 36.0 Å². The van der Waals surface area contributed by atoms with Crippen molar-refractivity contribution in [3.8, 4) is 0 Å². The van der Waals surface area contributed by atoms with Crippen LogP contribution in [0.3, 0.4) is 0 Å². The summed E-state index contributed by atoms with van der Waals surface area (Å²) in [6.45, 7) is 1.43. The van der Waals surface area contributed by atoms with Crippen LogP contribution in [0.2, 0.25) is 0 Å². The van der Waals surface area contributed by atoms with Gasteiger partial charge in [0.15, 0.2) is 0 Å². The summed E-state index contributed by atoms with van der Waals surface area (Å²) in [5.41, 5.74) is 3.45. The summed E-state index contributed by atoms with van der Waals surface area (Å²) >= 11 is 0. The van der Waals surface area contributed by atoms with Gasteiger partial charge in [-0.15, -0.1) is 0 Å². The Hall–Kier alpha value is -3.15. The highest BCUT2D eigenvalue weighted by atomic mass is 16.2. The quantitative estimate of drug-likeness (QED) is 0.811. The van der Waals surface area contributed by atoms with Crippen molar-refractivity contribution in [3.63, 3.8) is 0 Å². The third kappa shape index (κ3) is 3.60. The van der Waals surface area contributed by atoms with E-state index in [-0.39, 0.29) is 17.7 Å². The number of nitrogens with one attached hydrogen (secondary N) is 3. The predicted molar refractivity (Wildman–Crippen MR) is 92.1 cm³/mol. The van der Waals surface area contributed by atoms with Crippen LogP contribution in [0.1, 0.15) is 29.3 Å². The molecule has 2 aromatic rings. The van der Waals surface area contributed by atoms with Gasteiger partial charge in [-0.05, 0) is 48.4 Å². The van der Waals surface area contributed by atoms with Gasteiger partial charge in [-0.1, -0.05) is 6.07 Å². The highest BCUT2D eigenvalue weighted by molar-refractivity contribution is 6.05. The minimum Gasteiger partial charge on any atom is -0.326 e. The molecule has 2 aromatic carbocycles. The maximum Gasteiger partial charge on any atom is 0.255 e. The van der Waals surface area contributed by atoms with Gasteiger partial charge in [0.1, 0.15) is 0 Å². The summed E-state index contributed by atoms with van der Waals surface area (Å²) in [4.78, 5) is 34.9. The summed E-state index contributed by atoms with van der Waals surface area (Å²) in [7, 11) is 0. The Morgan fingerprint density at radius 2 is 1.75 bits per heavy atom. The molecule has 3 amide bonds. The smallest absolute Gasteiger partial charge is 0.255 e. The second-order valence-electron chi connectivity index (χ2n) is 5.64. The highest BCUT2D eigenvalue weighted by Gasteiger charge is 2.16. The van der Waals surface area contributed by atoms with Gasteiger partial charge in [-0.3, -0.25) is 14.4 Å². The summed E-state index contributed by atoms with van der Waals surface area (Å²) in [5, 5.41) is 8.27. The molecule has 24 heavy (non-hydrogen) atoms. The SMILES string of the molecule is CC(=O)Nc1cccc(NC(=O)c2ccc3c(c2)CCC(=O)N3)c1. The van der Waals surface area contributed by atoms with E-state index in [1.165, 1.54) is 6.92 Å². The Balaban J connectivity index is 1.75. The van der Waals surface area contributed by atoms with Crippen molar-refractivity contribution in [1.82, 2.24) is 0 Å². The first-order chi connectivity index (χ1) is 11.5. The van der Waals surface area contributed by atoms with Gasteiger partial charge in [-0.25, -0.2) is 0 Å². The Labute approximate surface area is 139 Å². The summed E-state index contributed by atoms with van der Waals surface area (Å²) in [5.74, 6) is -0.417. The number of carbonyl (C=O) groups excluding carboxylic acids is 3. The lowest BCUT2D eigenvalue weighted by atomic mass is 10.00.